The molecule has 2 aromatic rings. The molecule has 0 aromatic heterocycles. The number of amides is 2. The number of benzene rings is 2. The molecule has 3 aliphatic rings. The number of hydrogen-bond donors (Lipinski definition) is 2. The Morgan fingerprint density at radius 2 is 1.76 bits per heavy atom. The van der Waals surface area contributed by atoms with Crippen molar-refractivity contribution in [3.05, 3.63) is 60.2 Å². The van der Waals surface area contributed by atoms with Crippen LogP contribution in [0.5, 0.6) is 5.75 Å². The normalized spacial score (nSPS) is 22.2. The van der Waals surface area contributed by atoms with Gasteiger partial charge in [0.15, 0.2) is 0 Å². The van der Waals surface area contributed by atoms with Gasteiger partial charge in [-0.1, -0.05) is 30.3 Å². The maximum atomic E-state index is 13.2. The number of carbonyl (C=O) groups excluding carboxylic acids is 2. The lowest BCUT2D eigenvalue weighted by molar-refractivity contribution is -0.153. The molecule has 0 radical (unpaired) electrons. The van der Waals surface area contributed by atoms with Crippen molar-refractivity contribution in [2.45, 2.75) is 62.4 Å². The Kier molecular flexibility index (Phi) is 8.91. The minimum Gasteiger partial charge on any atom is -0.497 e. The number of fused-ring (bicyclic) bond motifs is 3. The van der Waals surface area contributed by atoms with E-state index in [-0.39, 0.29) is 16.9 Å². The summed E-state index contributed by atoms with van der Waals surface area (Å²) in [7, 11) is -2.76. The average Bonchev–Trinajstić information content (AvgIpc) is 2.95. The Morgan fingerprint density at radius 3 is 2.37 bits per heavy atom. The summed E-state index contributed by atoms with van der Waals surface area (Å²) in [6.07, 6.45) is 2.43. The highest BCUT2D eigenvalue weighted by Gasteiger charge is 2.42. The minimum absolute atomic E-state index is 0.0119. The molecule has 2 saturated heterocycles. The lowest BCUT2D eigenvalue weighted by atomic mass is 9.72. The van der Waals surface area contributed by atoms with Gasteiger partial charge in [-0.2, -0.15) is 0 Å². The van der Waals surface area contributed by atoms with Crippen LogP contribution in [0.15, 0.2) is 59.5 Å². The second-order valence-electron chi connectivity index (χ2n) is 9.86. The van der Waals surface area contributed by atoms with Gasteiger partial charge < -0.3 is 24.3 Å². The molecule has 2 bridgehead atoms. The molecule has 0 spiro atoms. The number of carbonyl (C=O) groups is 2. The van der Waals surface area contributed by atoms with Gasteiger partial charge in [0.05, 0.1) is 37.4 Å². The number of hydrogen-bond acceptors (Lipinski definition) is 8. The van der Waals surface area contributed by atoms with Crippen LogP contribution >= 0.6 is 0 Å². The van der Waals surface area contributed by atoms with E-state index in [9.17, 15) is 18.0 Å². The summed E-state index contributed by atoms with van der Waals surface area (Å²) >= 11 is 0. The van der Waals surface area contributed by atoms with Crippen molar-refractivity contribution in [1.82, 2.24) is 10.0 Å². The molecule has 2 aliphatic heterocycles. The highest BCUT2D eigenvalue weighted by Crippen LogP contribution is 2.43. The summed E-state index contributed by atoms with van der Waals surface area (Å²) in [4.78, 5) is 25.7. The first-order valence-electron chi connectivity index (χ1n) is 12.6. The highest BCUT2D eigenvalue weighted by molar-refractivity contribution is 7.90. The smallest absolute Gasteiger partial charge is 0.408 e. The number of nitrogens with one attached hydrogen (secondary N) is 2. The van der Waals surface area contributed by atoms with E-state index in [1.54, 1.807) is 19.1 Å². The van der Waals surface area contributed by atoms with Crippen LogP contribution in [0.2, 0.25) is 0 Å². The van der Waals surface area contributed by atoms with Crippen LogP contribution in [0.25, 0.3) is 0 Å². The molecular weight excluding hydrogens is 512 g/mol. The quantitative estimate of drug-likeness (QED) is 0.440. The van der Waals surface area contributed by atoms with Crippen molar-refractivity contribution in [3.63, 3.8) is 0 Å². The van der Waals surface area contributed by atoms with Crippen LogP contribution in [-0.2, 0) is 35.6 Å². The van der Waals surface area contributed by atoms with E-state index in [0.29, 0.717) is 25.1 Å². The van der Waals surface area contributed by atoms with Gasteiger partial charge in [-0.3, -0.25) is 4.79 Å². The highest BCUT2D eigenvalue weighted by atomic mass is 32.2. The van der Waals surface area contributed by atoms with Gasteiger partial charge in [0, 0.05) is 5.41 Å². The fraction of sp³-hybridized carbons (Fsp3) is 0.481. The zero-order chi connectivity index (χ0) is 27.2. The molecule has 3 fully saturated rings. The van der Waals surface area contributed by atoms with Crippen molar-refractivity contribution in [3.8, 4) is 5.75 Å². The number of alkyl carbamates (subject to hydrolysis) is 1. The fourth-order valence-electron chi connectivity index (χ4n) is 4.70. The zero-order valence-corrected chi connectivity index (χ0v) is 22.4. The largest absolute Gasteiger partial charge is 0.497 e. The molecule has 2 heterocycles. The SMILES string of the molecule is COc1ccc(S(=O)(=O)NC(=O)[C@@H](NC(=O)OCc2ccccc2)[C@@H](C)OCC23CCC(CC2)OC3)cc1. The van der Waals surface area contributed by atoms with Crippen molar-refractivity contribution < 1.29 is 37.0 Å². The van der Waals surface area contributed by atoms with Crippen LogP contribution < -0.4 is 14.8 Å². The molecule has 38 heavy (non-hydrogen) atoms. The third kappa shape index (κ3) is 7.03. The summed E-state index contributed by atoms with van der Waals surface area (Å²) in [5.74, 6) is -0.468. The Morgan fingerprint density at radius 1 is 1.08 bits per heavy atom. The first-order chi connectivity index (χ1) is 18.2. The third-order valence-electron chi connectivity index (χ3n) is 7.11. The van der Waals surface area contributed by atoms with E-state index in [1.807, 2.05) is 18.2 Å². The van der Waals surface area contributed by atoms with Crippen molar-refractivity contribution in [2.24, 2.45) is 5.41 Å². The number of rotatable bonds is 11. The Labute approximate surface area is 223 Å². The second kappa shape index (κ2) is 12.1. The maximum Gasteiger partial charge on any atom is 0.408 e. The first kappa shape index (κ1) is 27.9. The van der Waals surface area contributed by atoms with E-state index in [4.69, 9.17) is 18.9 Å². The van der Waals surface area contributed by atoms with Gasteiger partial charge >= 0.3 is 6.09 Å². The molecule has 2 aromatic carbocycles. The molecule has 10 nitrogen and oxygen atoms in total. The molecular formula is C27H34N2O8S. The molecule has 2 amide bonds. The molecule has 2 N–H and O–H groups in total. The monoisotopic (exact) mass is 546 g/mol. The Balaban J connectivity index is 1.44. The molecule has 11 heteroatoms. The summed E-state index contributed by atoms with van der Waals surface area (Å²) in [5.41, 5.74) is 0.620. The van der Waals surface area contributed by atoms with Gasteiger partial charge in [-0.25, -0.2) is 17.9 Å². The third-order valence-corrected chi connectivity index (χ3v) is 8.48. The fourth-order valence-corrected chi connectivity index (χ4v) is 5.70. The molecule has 206 valence electrons. The van der Waals surface area contributed by atoms with Gasteiger partial charge in [0.2, 0.25) is 0 Å². The first-order valence-corrected chi connectivity index (χ1v) is 14.1. The van der Waals surface area contributed by atoms with E-state index in [2.05, 4.69) is 10.0 Å². The van der Waals surface area contributed by atoms with Gasteiger partial charge in [-0.05, 0) is 62.4 Å². The molecule has 2 atom stereocenters. The summed E-state index contributed by atoms with van der Waals surface area (Å²) in [5, 5.41) is 2.49. The standard InChI is InChI=1S/C27H34N2O8S/c1-19(36-17-27-14-12-22(13-15-27)37-18-27)24(28-26(31)35-16-20-6-4-3-5-7-20)25(30)29-38(32,33)23-10-8-21(34-2)9-11-23/h3-11,19,22,24H,12-18H2,1-2H3,(H,28,31)(H,29,30)/t19-,22?,24+,27?/m1/s1. The van der Waals surface area contributed by atoms with Crippen LogP contribution in [-0.4, -0.2) is 59.0 Å². The Bertz CT molecular complexity index is 1180. The van der Waals surface area contributed by atoms with E-state index in [0.717, 1.165) is 31.2 Å². The minimum atomic E-state index is -4.22. The summed E-state index contributed by atoms with van der Waals surface area (Å²) in [6, 6.07) is 13.3. The average molecular weight is 547 g/mol. The lowest BCUT2D eigenvalue weighted by Crippen LogP contribution is -2.55. The van der Waals surface area contributed by atoms with E-state index >= 15 is 0 Å². The number of ether oxygens (including phenoxy) is 4. The van der Waals surface area contributed by atoms with Crippen LogP contribution in [0.4, 0.5) is 4.79 Å². The maximum absolute atomic E-state index is 13.2. The van der Waals surface area contributed by atoms with Crippen molar-refractivity contribution >= 4 is 22.0 Å². The predicted octanol–water partition coefficient (Wildman–Crippen LogP) is 3.16. The summed E-state index contributed by atoms with van der Waals surface area (Å²) in [6.45, 7) is 2.52. The molecule has 0 unspecified atom stereocenters. The number of sulfonamides is 1. The van der Waals surface area contributed by atoms with E-state index < -0.39 is 34.2 Å². The van der Waals surface area contributed by atoms with Crippen molar-refractivity contribution in [1.29, 1.82) is 0 Å². The Hall–Kier alpha value is -3.15. The summed E-state index contributed by atoms with van der Waals surface area (Å²) < 4.78 is 50.1. The zero-order valence-electron chi connectivity index (χ0n) is 21.6. The topological polar surface area (TPSA) is 129 Å². The second-order valence-corrected chi connectivity index (χ2v) is 11.5. The van der Waals surface area contributed by atoms with Gasteiger partial charge in [0.25, 0.3) is 15.9 Å². The predicted molar refractivity (Wildman–Crippen MR) is 138 cm³/mol. The molecule has 1 saturated carbocycles. The van der Waals surface area contributed by atoms with Gasteiger partial charge in [-0.15, -0.1) is 0 Å². The van der Waals surface area contributed by atoms with E-state index in [1.165, 1.54) is 31.4 Å². The van der Waals surface area contributed by atoms with Crippen LogP contribution in [0.1, 0.15) is 38.2 Å². The van der Waals surface area contributed by atoms with Crippen LogP contribution in [0.3, 0.4) is 0 Å². The lowest BCUT2D eigenvalue weighted by Gasteiger charge is -2.46. The van der Waals surface area contributed by atoms with Gasteiger partial charge in [0.1, 0.15) is 18.4 Å². The number of methoxy groups -OCH3 is 1. The molecule has 1 aliphatic carbocycles. The van der Waals surface area contributed by atoms with Crippen molar-refractivity contribution in [2.75, 3.05) is 20.3 Å². The molecule has 5 rings (SSSR count). The van der Waals surface area contributed by atoms with Crippen LogP contribution in [0, 0.1) is 5.41 Å².